The van der Waals surface area contributed by atoms with E-state index in [9.17, 15) is 8.78 Å². The van der Waals surface area contributed by atoms with Crippen molar-refractivity contribution >= 4 is 0 Å². The van der Waals surface area contributed by atoms with Crippen molar-refractivity contribution in [2.24, 2.45) is 5.92 Å². The summed E-state index contributed by atoms with van der Waals surface area (Å²) in [6.07, 6.45) is 1.77. The molecule has 0 bridgehead atoms. The van der Waals surface area contributed by atoms with E-state index in [0.29, 0.717) is 11.5 Å². The highest BCUT2D eigenvalue weighted by molar-refractivity contribution is 5.22. The Bertz CT molecular complexity index is 378. The van der Waals surface area contributed by atoms with Gasteiger partial charge in [0, 0.05) is 24.8 Å². The van der Waals surface area contributed by atoms with Crippen molar-refractivity contribution in [3.63, 3.8) is 0 Å². The Morgan fingerprint density at radius 3 is 2.94 bits per heavy atom. The Morgan fingerprint density at radius 2 is 2.29 bits per heavy atom. The summed E-state index contributed by atoms with van der Waals surface area (Å²) >= 11 is 0. The van der Waals surface area contributed by atoms with Gasteiger partial charge in [-0.05, 0) is 31.9 Å². The molecule has 2 rings (SSSR count). The predicted molar refractivity (Wildman–Crippen MR) is 61.7 cm³/mol. The van der Waals surface area contributed by atoms with Crippen molar-refractivity contribution in [1.29, 1.82) is 0 Å². The molecule has 94 valence electrons. The molecular weight excluding hydrogens is 224 g/mol. The third-order valence-corrected chi connectivity index (χ3v) is 3.30. The summed E-state index contributed by atoms with van der Waals surface area (Å²) < 4.78 is 32.1. The van der Waals surface area contributed by atoms with Gasteiger partial charge in [0.25, 0.3) is 0 Å². The van der Waals surface area contributed by atoms with Crippen LogP contribution in [0.4, 0.5) is 8.78 Å². The molecule has 0 aliphatic carbocycles. The maximum atomic E-state index is 13.7. The fourth-order valence-electron chi connectivity index (χ4n) is 2.29. The molecule has 1 saturated heterocycles. The number of nitrogens with one attached hydrogen (secondary N) is 1. The smallest absolute Gasteiger partial charge is 0.163 e. The first-order chi connectivity index (χ1) is 8.22. The molecule has 1 aromatic rings. The van der Waals surface area contributed by atoms with Crippen LogP contribution in [0.1, 0.15) is 24.4 Å². The van der Waals surface area contributed by atoms with Crippen LogP contribution in [-0.2, 0) is 4.74 Å². The maximum Gasteiger partial charge on any atom is 0.163 e. The van der Waals surface area contributed by atoms with Crippen LogP contribution in [0.25, 0.3) is 0 Å². The molecule has 1 N–H and O–H groups in total. The van der Waals surface area contributed by atoms with Gasteiger partial charge in [-0.25, -0.2) is 8.78 Å². The van der Waals surface area contributed by atoms with E-state index < -0.39 is 11.6 Å². The van der Waals surface area contributed by atoms with Gasteiger partial charge < -0.3 is 10.1 Å². The molecule has 2 nitrogen and oxygen atoms in total. The molecule has 0 spiro atoms. The van der Waals surface area contributed by atoms with E-state index in [0.717, 1.165) is 32.1 Å². The van der Waals surface area contributed by atoms with Gasteiger partial charge >= 0.3 is 0 Å². The third-order valence-electron chi connectivity index (χ3n) is 3.30. The lowest BCUT2D eigenvalue weighted by molar-refractivity contribution is 0.181. The van der Waals surface area contributed by atoms with E-state index in [1.807, 2.05) is 0 Å². The first-order valence-electron chi connectivity index (χ1n) is 5.91. The summed E-state index contributed by atoms with van der Waals surface area (Å²) in [6, 6.07) is 4.17. The number of ether oxygens (including phenoxy) is 1. The van der Waals surface area contributed by atoms with Crippen LogP contribution >= 0.6 is 0 Å². The molecular formula is C13H17F2NO. The van der Waals surface area contributed by atoms with Crippen molar-refractivity contribution in [1.82, 2.24) is 5.32 Å². The normalized spacial score (nSPS) is 21.7. The topological polar surface area (TPSA) is 21.3 Å². The molecule has 0 saturated carbocycles. The lowest BCUT2D eigenvalue weighted by Gasteiger charge is -2.20. The lowest BCUT2D eigenvalue weighted by Crippen LogP contribution is -2.21. The molecule has 2 unspecified atom stereocenters. The minimum absolute atomic E-state index is 0.155. The standard InChI is InChI=1S/C13H17F2NO/c1-16-12(7-9-5-6-17-8-9)10-3-2-4-11(14)13(10)15/h2-4,9,12,16H,5-8H2,1H3. The van der Waals surface area contributed by atoms with Gasteiger partial charge in [0.05, 0.1) is 0 Å². The Labute approximate surface area is 100.0 Å². The molecule has 0 aromatic heterocycles. The minimum Gasteiger partial charge on any atom is -0.381 e. The average molecular weight is 241 g/mol. The van der Waals surface area contributed by atoms with Crippen LogP contribution in [0.3, 0.4) is 0 Å². The fraction of sp³-hybridized carbons (Fsp3) is 0.538. The summed E-state index contributed by atoms with van der Waals surface area (Å²) in [5.41, 5.74) is 0.402. The maximum absolute atomic E-state index is 13.7. The van der Waals surface area contributed by atoms with Gasteiger partial charge in [0.15, 0.2) is 11.6 Å². The quantitative estimate of drug-likeness (QED) is 0.875. The van der Waals surface area contributed by atoms with Crippen molar-refractivity contribution < 1.29 is 13.5 Å². The summed E-state index contributed by atoms with van der Waals surface area (Å²) in [5.74, 6) is -1.11. The number of benzene rings is 1. The fourth-order valence-corrected chi connectivity index (χ4v) is 2.29. The number of rotatable bonds is 4. The second kappa shape index (κ2) is 5.56. The summed E-state index contributed by atoms with van der Waals surface area (Å²) in [4.78, 5) is 0. The van der Waals surface area contributed by atoms with Crippen LogP contribution in [0, 0.1) is 17.6 Å². The zero-order chi connectivity index (χ0) is 12.3. The van der Waals surface area contributed by atoms with Crippen LogP contribution in [0.2, 0.25) is 0 Å². The van der Waals surface area contributed by atoms with E-state index in [-0.39, 0.29) is 6.04 Å². The van der Waals surface area contributed by atoms with E-state index in [1.54, 1.807) is 19.2 Å². The third kappa shape index (κ3) is 2.82. The van der Waals surface area contributed by atoms with Crippen LogP contribution in [0.5, 0.6) is 0 Å². The first-order valence-corrected chi connectivity index (χ1v) is 5.91. The molecule has 4 heteroatoms. The van der Waals surface area contributed by atoms with Gasteiger partial charge in [-0.3, -0.25) is 0 Å². The molecule has 1 aliphatic rings. The predicted octanol–water partition coefficient (Wildman–Crippen LogP) is 2.65. The monoisotopic (exact) mass is 241 g/mol. The van der Waals surface area contributed by atoms with Gasteiger partial charge in [-0.1, -0.05) is 12.1 Å². The number of hydrogen-bond acceptors (Lipinski definition) is 2. The van der Waals surface area contributed by atoms with Gasteiger partial charge in [0.2, 0.25) is 0 Å². The second-order valence-corrected chi connectivity index (χ2v) is 4.45. The summed E-state index contributed by atoms with van der Waals surface area (Å²) in [7, 11) is 1.77. The molecule has 1 aliphatic heterocycles. The Kier molecular flexibility index (Phi) is 4.07. The Balaban J connectivity index is 2.13. The van der Waals surface area contributed by atoms with Gasteiger partial charge in [-0.2, -0.15) is 0 Å². The number of halogens is 2. The summed E-state index contributed by atoms with van der Waals surface area (Å²) in [6.45, 7) is 1.49. The summed E-state index contributed by atoms with van der Waals surface area (Å²) in [5, 5.41) is 3.05. The SMILES string of the molecule is CNC(CC1CCOC1)c1cccc(F)c1F. The first kappa shape index (κ1) is 12.5. The molecule has 2 atom stereocenters. The second-order valence-electron chi connectivity index (χ2n) is 4.45. The largest absolute Gasteiger partial charge is 0.381 e. The van der Waals surface area contributed by atoms with E-state index >= 15 is 0 Å². The van der Waals surface area contributed by atoms with Gasteiger partial charge in [-0.15, -0.1) is 0 Å². The molecule has 1 fully saturated rings. The highest BCUT2D eigenvalue weighted by Crippen LogP contribution is 2.28. The van der Waals surface area contributed by atoms with Crippen molar-refractivity contribution in [2.45, 2.75) is 18.9 Å². The molecule has 1 aromatic carbocycles. The van der Waals surface area contributed by atoms with Crippen molar-refractivity contribution in [3.8, 4) is 0 Å². The molecule has 1 heterocycles. The molecule has 17 heavy (non-hydrogen) atoms. The minimum atomic E-state index is -0.787. The molecule has 0 amide bonds. The highest BCUT2D eigenvalue weighted by atomic mass is 19.2. The van der Waals surface area contributed by atoms with Crippen molar-refractivity contribution in [2.75, 3.05) is 20.3 Å². The lowest BCUT2D eigenvalue weighted by atomic mass is 9.94. The number of hydrogen-bond donors (Lipinski definition) is 1. The van der Waals surface area contributed by atoms with Crippen molar-refractivity contribution in [3.05, 3.63) is 35.4 Å². The molecule has 0 radical (unpaired) electrons. The van der Waals surface area contributed by atoms with Gasteiger partial charge in [0.1, 0.15) is 0 Å². The Morgan fingerprint density at radius 1 is 1.47 bits per heavy atom. The van der Waals surface area contributed by atoms with Crippen LogP contribution in [-0.4, -0.2) is 20.3 Å². The average Bonchev–Trinajstić information content (AvgIpc) is 2.83. The van der Waals surface area contributed by atoms with E-state index in [4.69, 9.17) is 4.74 Å². The Hall–Kier alpha value is -1.00. The zero-order valence-corrected chi connectivity index (χ0v) is 9.88. The highest BCUT2D eigenvalue weighted by Gasteiger charge is 2.23. The van der Waals surface area contributed by atoms with Crippen LogP contribution in [0.15, 0.2) is 18.2 Å². The zero-order valence-electron chi connectivity index (χ0n) is 9.88. The van der Waals surface area contributed by atoms with E-state index in [1.165, 1.54) is 0 Å². The van der Waals surface area contributed by atoms with E-state index in [2.05, 4.69) is 5.32 Å². The van der Waals surface area contributed by atoms with Crippen LogP contribution < -0.4 is 5.32 Å².